The van der Waals surface area contributed by atoms with E-state index in [1.165, 1.54) is 0 Å². The van der Waals surface area contributed by atoms with Gasteiger partial charge in [-0.1, -0.05) is 36.4 Å². The van der Waals surface area contributed by atoms with Gasteiger partial charge in [-0.05, 0) is 29.7 Å². The maximum absolute atomic E-state index is 12.9. The van der Waals surface area contributed by atoms with Crippen LogP contribution in [0.1, 0.15) is 30.0 Å². The maximum Gasteiger partial charge on any atom is 0.164 e. The van der Waals surface area contributed by atoms with Crippen LogP contribution in [0.15, 0.2) is 54.1 Å². The van der Waals surface area contributed by atoms with Crippen molar-refractivity contribution in [1.29, 1.82) is 0 Å². The molecule has 0 unspecified atom stereocenters. The van der Waals surface area contributed by atoms with Gasteiger partial charge in [0.1, 0.15) is 13.2 Å². The molecule has 0 bridgehead atoms. The first-order valence-corrected chi connectivity index (χ1v) is 8.70. The zero-order valence-corrected chi connectivity index (χ0v) is 14.0. The number of benzene rings is 2. The number of Topliss-reactive ketones (excluding diaryl/α,β-unsaturated/α-hetero) is 1. The smallest absolute Gasteiger partial charge is 0.164 e. The van der Waals surface area contributed by atoms with Gasteiger partial charge in [-0.3, -0.25) is 4.79 Å². The summed E-state index contributed by atoms with van der Waals surface area (Å²) >= 11 is 0. The molecule has 0 fully saturated rings. The molecule has 0 radical (unpaired) electrons. The number of ketones is 1. The Labute approximate surface area is 146 Å². The van der Waals surface area contributed by atoms with Gasteiger partial charge in [0, 0.05) is 17.7 Å². The second kappa shape index (κ2) is 5.38. The van der Waals surface area contributed by atoms with Gasteiger partial charge < -0.3 is 14.8 Å². The molecule has 4 nitrogen and oxygen atoms in total. The van der Waals surface area contributed by atoms with Gasteiger partial charge in [-0.15, -0.1) is 0 Å². The first kappa shape index (κ1) is 14.6. The minimum Gasteiger partial charge on any atom is -0.486 e. The van der Waals surface area contributed by atoms with Crippen LogP contribution in [-0.4, -0.2) is 19.0 Å². The van der Waals surface area contributed by atoms with Crippen LogP contribution in [-0.2, 0) is 4.79 Å². The first-order valence-electron chi connectivity index (χ1n) is 8.70. The van der Waals surface area contributed by atoms with E-state index >= 15 is 0 Å². The molecule has 0 amide bonds. The van der Waals surface area contributed by atoms with Crippen molar-refractivity contribution in [3.63, 3.8) is 0 Å². The molecule has 3 atom stereocenters. The van der Waals surface area contributed by atoms with Crippen LogP contribution in [0.25, 0.3) is 0 Å². The predicted molar refractivity (Wildman–Crippen MR) is 95.2 cm³/mol. The van der Waals surface area contributed by atoms with E-state index in [1.54, 1.807) is 0 Å². The highest BCUT2D eigenvalue weighted by Crippen LogP contribution is 2.52. The molecule has 2 aromatic rings. The Balaban J connectivity index is 1.66. The molecular weight excluding hydrogens is 314 g/mol. The van der Waals surface area contributed by atoms with Gasteiger partial charge in [0.25, 0.3) is 0 Å². The van der Waals surface area contributed by atoms with Crippen LogP contribution in [0.4, 0.5) is 5.69 Å². The Morgan fingerprint density at radius 3 is 2.52 bits per heavy atom. The lowest BCUT2D eigenvalue weighted by molar-refractivity contribution is -0.119. The van der Waals surface area contributed by atoms with Gasteiger partial charge in [-0.25, -0.2) is 0 Å². The van der Waals surface area contributed by atoms with Crippen molar-refractivity contribution in [3.05, 3.63) is 65.2 Å². The second-order valence-electron chi connectivity index (χ2n) is 6.88. The molecule has 5 rings (SSSR count). The van der Waals surface area contributed by atoms with E-state index in [2.05, 4.69) is 23.5 Å². The van der Waals surface area contributed by atoms with E-state index in [9.17, 15) is 4.79 Å². The summed E-state index contributed by atoms with van der Waals surface area (Å²) in [6.45, 7) is 3.05. The number of anilines is 1. The van der Waals surface area contributed by atoms with Crippen LogP contribution < -0.4 is 14.8 Å². The number of hydrogen-bond donors (Lipinski definition) is 1. The SMILES string of the molecule is CC1=C[C@H]2c3cc4c(cc3N[C@H](c3ccccc3)[C@H]2C1=O)OCCO4. The van der Waals surface area contributed by atoms with Crippen LogP contribution in [0.3, 0.4) is 0 Å². The Kier molecular flexibility index (Phi) is 3.14. The minimum atomic E-state index is -0.113. The highest BCUT2D eigenvalue weighted by Gasteiger charge is 2.45. The zero-order chi connectivity index (χ0) is 17.0. The van der Waals surface area contributed by atoms with Gasteiger partial charge in [0.2, 0.25) is 0 Å². The summed E-state index contributed by atoms with van der Waals surface area (Å²) in [5, 5.41) is 3.60. The fourth-order valence-corrected chi connectivity index (χ4v) is 4.24. The van der Waals surface area contributed by atoms with Crippen molar-refractivity contribution in [2.75, 3.05) is 18.5 Å². The van der Waals surface area contributed by atoms with Crippen LogP contribution in [0.5, 0.6) is 11.5 Å². The fourth-order valence-electron chi connectivity index (χ4n) is 4.24. The number of allylic oxidation sites excluding steroid dienone is 2. The molecule has 126 valence electrons. The van der Waals surface area contributed by atoms with Crippen LogP contribution in [0, 0.1) is 5.92 Å². The van der Waals surface area contributed by atoms with Gasteiger partial charge in [0.15, 0.2) is 17.3 Å². The summed E-state index contributed by atoms with van der Waals surface area (Å²) in [7, 11) is 0. The third-order valence-corrected chi connectivity index (χ3v) is 5.41. The van der Waals surface area contributed by atoms with Crippen molar-refractivity contribution in [1.82, 2.24) is 0 Å². The molecule has 2 aromatic carbocycles. The van der Waals surface area contributed by atoms with Crippen molar-refractivity contribution >= 4 is 11.5 Å². The largest absolute Gasteiger partial charge is 0.486 e. The Morgan fingerprint density at radius 1 is 1.04 bits per heavy atom. The van der Waals surface area contributed by atoms with E-state index in [-0.39, 0.29) is 23.7 Å². The summed E-state index contributed by atoms with van der Waals surface area (Å²) in [5.41, 5.74) is 4.12. The zero-order valence-electron chi connectivity index (χ0n) is 14.0. The van der Waals surface area contributed by atoms with E-state index in [1.807, 2.05) is 37.3 Å². The third-order valence-electron chi connectivity index (χ3n) is 5.41. The normalized spacial score (nSPS) is 26.4. The number of carbonyl (C=O) groups is 1. The van der Waals surface area contributed by atoms with E-state index in [0.29, 0.717) is 13.2 Å². The molecule has 25 heavy (non-hydrogen) atoms. The predicted octanol–water partition coefficient (Wildman–Crippen LogP) is 3.85. The average molecular weight is 333 g/mol. The number of rotatable bonds is 1. The number of carbonyl (C=O) groups excluding carboxylic acids is 1. The topological polar surface area (TPSA) is 47.6 Å². The standard InChI is InChI=1S/C21H19NO3/c1-12-9-15-14-10-17-18(25-8-7-24-17)11-16(14)22-20(19(15)21(12)23)13-5-3-2-4-6-13/h2-6,9-11,15,19-20,22H,7-8H2,1H3/t15-,19-,20+/m0/s1. The Bertz CT molecular complexity index is 888. The van der Waals surface area contributed by atoms with E-state index in [4.69, 9.17) is 9.47 Å². The lowest BCUT2D eigenvalue weighted by Crippen LogP contribution is -2.33. The van der Waals surface area contributed by atoms with Crippen molar-refractivity contribution in [3.8, 4) is 11.5 Å². The van der Waals surface area contributed by atoms with Gasteiger partial charge in [-0.2, -0.15) is 0 Å². The summed E-state index contributed by atoms with van der Waals surface area (Å²) < 4.78 is 11.5. The van der Waals surface area contributed by atoms with Gasteiger partial charge in [0.05, 0.1) is 12.0 Å². The monoisotopic (exact) mass is 333 g/mol. The molecule has 2 heterocycles. The quantitative estimate of drug-likeness (QED) is 0.861. The fraction of sp³-hybridized carbons (Fsp3) is 0.286. The molecule has 0 saturated carbocycles. The molecular formula is C21H19NO3. The number of fused-ring (bicyclic) bond motifs is 4. The second-order valence-corrected chi connectivity index (χ2v) is 6.88. The molecule has 1 aliphatic carbocycles. The average Bonchev–Trinajstić information content (AvgIpc) is 2.95. The van der Waals surface area contributed by atoms with Crippen LogP contribution >= 0.6 is 0 Å². The summed E-state index contributed by atoms with van der Waals surface area (Å²) in [5.74, 6) is 1.73. The molecule has 3 aliphatic rings. The van der Waals surface area contributed by atoms with E-state index in [0.717, 1.165) is 33.9 Å². The lowest BCUT2D eigenvalue weighted by Gasteiger charge is -2.37. The number of ether oxygens (including phenoxy) is 2. The Hall–Kier alpha value is -2.75. The lowest BCUT2D eigenvalue weighted by atomic mass is 9.76. The van der Waals surface area contributed by atoms with Crippen molar-refractivity contribution in [2.45, 2.75) is 18.9 Å². The highest BCUT2D eigenvalue weighted by atomic mass is 16.6. The van der Waals surface area contributed by atoms with E-state index < -0.39 is 0 Å². The molecule has 0 aromatic heterocycles. The molecule has 0 spiro atoms. The Morgan fingerprint density at radius 2 is 1.76 bits per heavy atom. The number of nitrogens with one attached hydrogen (secondary N) is 1. The summed E-state index contributed by atoms with van der Waals surface area (Å²) in [4.78, 5) is 12.9. The van der Waals surface area contributed by atoms with Crippen LogP contribution in [0.2, 0.25) is 0 Å². The third kappa shape index (κ3) is 2.17. The molecule has 0 saturated heterocycles. The first-order chi connectivity index (χ1) is 12.2. The molecule has 2 aliphatic heterocycles. The van der Waals surface area contributed by atoms with Crippen molar-refractivity contribution < 1.29 is 14.3 Å². The molecule has 1 N–H and O–H groups in total. The summed E-state index contributed by atoms with van der Waals surface area (Å²) in [6, 6.07) is 14.2. The van der Waals surface area contributed by atoms with Crippen molar-refractivity contribution in [2.24, 2.45) is 5.92 Å². The van der Waals surface area contributed by atoms with Gasteiger partial charge >= 0.3 is 0 Å². The summed E-state index contributed by atoms with van der Waals surface area (Å²) in [6.07, 6.45) is 2.11. The minimum absolute atomic E-state index is 0.0394. The highest BCUT2D eigenvalue weighted by molar-refractivity contribution is 6.02. The number of hydrogen-bond acceptors (Lipinski definition) is 4. The maximum atomic E-state index is 12.9. The molecule has 4 heteroatoms.